The minimum Gasteiger partial charge on any atom is -0.505 e. The first-order valence-electron chi connectivity index (χ1n) is 11.4. The third kappa shape index (κ3) is 5.46. The molecule has 0 aliphatic carbocycles. The number of ether oxygens (including phenoxy) is 1. The quantitative estimate of drug-likeness (QED) is 0.516. The first-order valence-corrected chi connectivity index (χ1v) is 11.4. The van der Waals surface area contributed by atoms with Gasteiger partial charge in [-0.05, 0) is 50.5 Å². The van der Waals surface area contributed by atoms with E-state index < -0.39 is 5.91 Å². The molecule has 3 aromatic rings. The maximum absolute atomic E-state index is 12.6. The Bertz CT molecular complexity index is 1280. The Hall–Kier alpha value is -4.26. The van der Waals surface area contributed by atoms with Crippen molar-refractivity contribution in [1.29, 1.82) is 5.26 Å². The van der Waals surface area contributed by atoms with Gasteiger partial charge in [0.1, 0.15) is 17.6 Å². The molecule has 2 N–H and O–H groups in total. The number of nitriles is 1. The lowest BCUT2D eigenvalue weighted by atomic mass is 9.97. The van der Waals surface area contributed by atoms with Crippen LogP contribution in [-0.4, -0.2) is 51.1 Å². The predicted molar refractivity (Wildman–Crippen MR) is 127 cm³/mol. The molecule has 1 aliphatic rings. The van der Waals surface area contributed by atoms with Crippen molar-refractivity contribution in [3.05, 3.63) is 53.6 Å². The minimum atomic E-state index is -0.534. The lowest BCUT2D eigenvalue weighted by molar-refractivity contribution is -0.153. The van der Waals surface area contributed by atoms with Crippen LogP contribution in [0.4, 0.5) is 5.82 Å². The van der Waals surface area contributed by atoms with Crippen LogP contribution in [0.3, 0.4) is 0 Å². The highest BCUT2D eigenvalue weighted by atomic mass is 16.5. The Morgan fingerprint density at radius 3 is 2.63 bits per heavy atom. The molecule has 3 aromatic heterocycles. The number of nitrogens with one attached hydrogen (secondary N) is 1. The maximum Gasteiger partial charge on any atom is 0.309 e. The molecule has 10 heteroatoms. The summed E-state index contributed by atoms with van der Waals surface area (Å²) in [6.07, 6.45) is 4.21. The van der Waals surface area contributed by atoms with Crippen LogP contribution < -0.4 is 10.2 Å². The van der Waals surface area contributed by atoms with Crippen molar-refractivity contribution in [3.63, 3.8) is 0 Å². The van der Waals surface area contributed by atoms with E-state index in [0.29, 0.717) is 48.1 Å². The van der Waals surface area contributed by atoms with Crippen LogP contribution in [0.1, 0.15) is 48.4 Å². The van der Waals surface area contributed by atoms with Gasteiger partial charge in [-0.25, -0.2) is 15.0 Å². The molecule has 10 nitrogen and oxygen atoms in total. The van der Waals surface area contributed by atoms with Crippen LogP contribution >= 0.6 is 0 Å². The smallest absolute Gasteiger partial charge is 0.309 e. The second kappa shape index (κ2) is 10.3. The zero-order chi connectivity index (χ0) is 24.9. The molecule has 0 radical (unpaired) electrons. The van der Waals surface area contributed by atoms with E-state index in [4.69, 9.17) is 10.00 Å². The van der Waals surface area contributed by atoms with E-state index in [2.05, 4.69) is 25.2 Å². The topological polar surface area (TPSA) is 141 Å². The van der Waals surface area contributed by atoms with Gasteiger partial charge in [-0.3, -0.25) is 9.59 Å². The molecule has 35 heavy (non-hydrogen) atoms. The van der Waals surface area contributed by atoms with E-state index in [1.807, 2.05) is 19.9 Å². The van der Waals surface area contributed by atoms with Crippen LogP contribution in [-0.2, 0) is 16.1 Å². The lowest BCUT2D eigenvalue weighted by Gasteiger charge is -2.32. The number of piperidine rings is 1. The molecule has 1 saturated heterocycles. The van der Waals surface area contributed by atoms with Gasteiger partial charge in [-0.15, -0.1) is 0 Å². The Morgan fingerprint density at radius 2 is 1.97 bits per heavy atom. The number of aromatic hydroxyl groups is 1. The standard InChI is InChI=1S/C25H26N6O4/c1-15(2)35-25(34)17-7-9-31(10-8-17)21-6-5-19-20(30-21)14-28-22(23(19)32)24(33)29-13-16-3-4-18(11-26)27-12-16/h3-6,12,14-15,17,32H,7-10,13H2,1-2H3,(H,29,33). The second-order valence-corrected chi connectivity index (χ2v) is 8.65. The highest BCUT2D eigenvalue weighted by Gasteiger charge is 2.27. The average molecular weight is 475 g/mol. The van der Waals surface area contributed by atoms with Gasteiger partial charge in [-0.2, -0.15) is 5.26 Å². The Morgan fingerprint density at radius 1 is 1.20 bits per heavy atom. The number of rotatable bonds is 6. The SMILES string of the molecule is CC(C)OC(=O)C1CCN(c2ccc3c(O)c(C(=O)NCc4ccc(C#N)nc4)ncc3n2)CC1. The number of aromatic nitrogens is 3. The van der Waals surface area contributed by atoms with Gasteiger partial charge in [0.25, 0.3) is 5.91 Å². The summed E-state index contributed by atoms with van der Waals surface area (Å²) in [5.41, 5.74) is 1.37. The molecule has 4 rings (SSSR count). The van der Waals surface area contributed by atoms with Crippen LogP contribution in [0, 0.1) is 17.2 Å². The summed E-state index contributed by atoms with van der Waals surface area (Å²) in [7, 11) is 0. The number of fused-ring (bicyclic) bond motifs is 1. The van der Waals surface area contributed by atoms with Gasteiger partial charge < -0.3 is 20.1 Å². The fourth-order valence-electron chi connectivity index (χ4n) is 3.95. The molecule has 0 saturated carbocycles. The van der Waals surface area contributed by atoms with Crippen molar-refractivity contribution < 1.29 is 19.4 Å². The van der Waals surface area contributed by atoms with Crippen LogP contribution in [0.25, 0.3) is 10.9 Å². The van der Waals surface area contributed by atoms with Gasteiger partial charge >= 0.3 is 5.97 Å². The number of nitrogens with zero attached hydrogens (tertiary/aromatic N) is 5. The molecule has 180 valence electrons. The summed E-state index contributed by atoms with van der Waals surface area (Å²) in [6, 6.07) is 8.71. The summed E-state index contributed by atoms with van der Waals surface area (Å²) in [6.45, 7) is 5.20. The van der Waals surface area contributed by atoms with Crippen molar-refractivity contribution >= 4 is 28.6 Å². The van der Waals surface area contributed by atoms with E-state index in [9.17, 15) is 14.7 Å². The zero-order valence-electron chi connectivity index (χ0n) is 19.6. The van der Waals surface area contributed by atoms with Gasteiger partial charge in [0.2, 0.25) is 0 Å². The van der Waals surface area contributed by atoms with Crippen molar-refractivity contribution in [2.45, 2.75) is 39.3 Å². The fraction of sp³-hybridized carbons (Fsp3) is 0.360. The van der Waals surface area contributed by atoms with Gasteiger partial charge in [0, 0.05) is 31.2 Å². The predicted octanol–water partition coefficient (Wildman–Crippen LogP) is 2.70. The molecule has 4 heterocycles. The first-order chi connectivity index (χ1) is 16.9. The lowest BCUT2D eigenvalue weighted by Crippen LogP contribution is -2.37. The van der Waals surface area contributed by atoms with E-state index in [1.54, 1.807) is 24.3 Å². The maximum atomic E-state index is 12.6. The van der Waals surface area contributed by atoms with E-state index >= 15 is 0 Å². The van der Waals surface area contributed by atoms with Gasteiger partial charge in [0.15, 0.2) is 11.4 Å². The number of hydrogen-bond acceptors (Lipinski definition) is 9. The Kier molecular flexibility index (Phi) is 7.06. The fourth-order valence-corrected chi connectivity index (χ4v) is 3.95. The van der Waals surface area contributed by atoms with E-state index in [-0.39, 0.29) is 36.0 Å². The molecular weight excluding hydrogens is 448 g/mol. The van der Waals surface area contributed by atoms with Crippen LogP contribution in [0.15, 0.2) is 36.7 Å². The van der Waals surface area contributed by atoms with Gasteiger partial charge in [-0.1, -0.05) is 6.07 Å². The third-order valence-electron chi connectivity index (χ3n) is 5.82. The Labute approximate surface area is 202 Å². The molecule has 0 atom stereocenters. The summed E-state index contributed by atoms with van der Waals surface area (Å²) < 4.78 is 5.33. The Balaban J connectivity index is 1.42. The van der Waals surface area contributed by atoms with Crippen LogP contribution in [0.5, 0.6) is 5.75 Å². The summed E-state index contributed by atoms with van der Waals surface area (Å²) >= 11 is 0. The third-order valence-corrected chi connectivity index (χ3v) is 5.82. The van der Waals surface area contributed by atoms with Crippen molar-refractivity contribution in [3.8, 4) is 11.8 Å². The molecular formula is C25H26N6O4. The van der Waals surface area contributed by atoms with E-state index in [0.717, 1.165) is 5.82 Å². The number of carbonyl (C=O) groups is 2. The number of anilines is 1. The van der Waals surface area contributed by atoms with Crippen LogP contribution in [0.2, 0.25) is 0 Å². The molecule has 1 aliphatic heterocycles. The number of carbonyl (C=O) groups excluding carboxylic acids is 2. The molecule has 0 unspecified atom stereocenters. The average Bonchev–Trinajstić information content (AvgIpc) is 2.87. The summed E-state index contributed by atoms with van der Waals surface area (Å²) in [5, 5.41) is 22.6. The second-order valence-electron chi connectivity index (χ2n) is 8.65. The largest absolute Gasteiger partial charge is 0.505 e. The number of amides is 1. The van der Waals surface area contributed by atoms with Crippen molar-refractivity contribution in [2.75, 3.05) is 18.0 Å². The molecule has 0 spiro atoms. The highest BCUT2D eigenvalue weighted by Crippen LogP contribution is 2.29. The monoisotopic (exact) mass is 474 g/mol. The number of esters is 1. The van der Waals surface area contributed by atoms with E-state index in [1.165, 1.54) is 12.4 Å². The highest BCUT2D eigenvalue weighted by molar-refractivity contribution is 6.00. The summed E-state index contributed by atoms with van der Waals surface area (Å²) in [5.74, 6) is -0.317. The number of hydrogen-bond donors (Lipinski definition) is 2. The van der Waals surface area contributed by atoms with Gasteiger partial charge in [0.05, 0.1) is 23.7 Å². The normalized spacial score (nSPS) is 14.1. The minimum absolute atomic E-state index is 0.0990. The molecule has 1 amide bonds. The molecule has 0 bridgehead atoms. The summed E-state index contributed by atoms with van der Waals surface area (Å²) in [4.78, 5) is 39.6. The molecule has 0 aromatic carbocycles. The van der Waals surface area contributed by atoms with Crippen molar-refractivity contribution in [1.82, 2.24) is 20.3 Å². The number of pyridine rings is 3. The zero-order valence-corrected chi connectivity index (χ0v) is 19.6. The first kappa shape index (κ1) is 23.9. The molecule has 1 fully saturated rings. The van der Waals surface area contributed by atoms with Crippen molar-refractivity contribution in [2.24, 2.45) is 5.92 Å².